The van der Waals surface area contributed by atoms with Crippen molar-refractivity contribution in [1.82, 2.24) is 0 Å². The van der Waals surface area contributed by atoms with Crippen LogP contribution in [0.1, 0.15) is 18.1 Å². The van der Waals surface area contributed by atoms with Crippen LogP contribution in [-0.4, -0.2) is 19.6 Å². The number of nitrogens with two attached hydrogens (primary N) is 1. The second kappa shape index (κ2) is 7.48. The third kappa shape index (κ3) is 4.48. The molecule has 3 heteroatoms. The highest BCUT2D eigenvalue weighted by atomic mass is 35.5. The van der Waals surface area contributed by atoms with E-state index in [9.17, 15) is 0 Å². The van der Waals surface area contributed by atoms with Gasteiger partial charge in [0.05, 0.1) is 0 Å². The summed E-state index contributed by atoms with van der Waals surface area (Å²) in [6, 6.07) is 16.7. The van der Waals surface area contributed by atoms with E-state index in [2.05, 4.69) is 42.3 Å². The fourth-order valence-corrected chi connectivity index (χ4v) is 2.74. The van der Waals surface area contributed by atoms with Crippen LogP contribution in [0.25, 0.3) is 0 Å². The molecule has 2 aromatic rings. The summed E-state index contributed by atoms with van der Waals surface area (Å²) in [6.07, 6.45) is 1.81. The molecular weight excluding hydrogens is 280 g/mol. The van der Waals surface area contributed by atoms with Gasteiger partial charge in [-0.3, -0.25) is 0 Å². The second-order valence-electron chi connectivity index (χ2n) is 5.58. The molecule has 0 aliphatic heterocycles. The highest BCUT2D eigenvalue weighted by Crippen LogP contribution is 2.28. The minimum Gasteiger partial charge on any atom is -0.374 e. The SMILES string of the molecule is CC(N)Cc1c(Cl)cccc1N(C)CCc1ccccc1. The fraction of sp³-hybridized carbons (Fsp3) is 0.333. The third-order valence-electron chi connectivity index (χ3n) is 3.61. The van der Waals surface area contributed by atoms with E-state index in [0.717, 1.165) is 30.0 Å². The molecule has 0 aliphatic carbocycles. The number of anilines is 1. The first-order valence-corrected chi connectivity index (χ1v) is 7.73. The number of benzene rings is 2. The van der Waals surface area contributed by atoms with Crippen LogP contribution < -0.4 is 10.6 Å². The monoisotopic (exact) mass is 302 g/mol. The van der Waals surface area contributed by atoms with Crippen molar-refractivity contribution >= 4 is 17.3 Å². The van der Waals surface area contributed by atoms with Gasteiger partial charge in [-0.25, -0.2) is 0 Å². The van der Waals surface area contributed by atoms with Crippen LogP contribution in [0.15, 0.2) is 48.5 Å². The zero-order valence-corrected chi connectivity index (χ0v) is 13.5. The Morgan fingerprint density at radius 3 is 2.48 bits per heavy atom. The molecule has 1 atom stereocenters. The van der Waals surface area contributed by atoms with Gasteiger partial charge in [-0.2, -0.15) is 0 Å². The Morgan fingerprint density at radius 2 is 1.81 bits per heavy atom. The lowest BCUT2D eigenvalue weighted by molar-refractivity contribution is 0.733. The van der Waals surface area contributed by atoms with Crippen LogP contribution in [0, 0.1) is 0 Å². The van der Waals surface area contributed by atoms with Crippen molar-refractivity contribution in [3.8, 4) is 0 Å². The average molecular weight is 303 g/mol. The van der Waals surface area contributed by atoms with Gasteiger partial charge in [0.25, 0.3) is 0 Å². The van der Waals surface area contributed by atoms with Crippen molar-refractivity contribution in [3.05, 3.63) is 64.7 Å². The quantitative estimate of drug-likeness (QED) is 0.876. The lowest BCUT2D eigenvalue weighted by atomic mass is 10.0. The summed E-state index contributed by atoms with van der Waals surface area (Å²) in [5, 5.41) is 0.802. The van der Waals surface area contributed by atoms with Gasteiger partial charge in [0, 0.05) is 30.3 Å². The predicted molar refractivity (Wildman–Crippen MR) is 92.2 cm³/mol. The highest BCUT2D eigenvalue weighted by molar-refractivity contribution is 6.31. The highest BCUT2D eigenvalue weighted by Gasteiger charge is 2.12. The molecule has 0 spiro atoms. The number of likely N-dealkylation sites (N-methyl/N-ethyl adjacent to an activating group) is 1. The summed E-state index contributed by atoms with van der Waals surface area (Å²) in [6.45, 7) is 2.97. The van der Waals surface area contributed by atoms with Gasteiger partial charge in [0.1, 0.15) is 0 Å². The number of rotatable bonds is 6. The molecule has 0 fully saturated rings. The first-order chi connectivity index (χ1) is 10.1. The molecule has 0 aromatic heterocycles. The van der Waals surface area contributed by atoms with Crippen molar-refractivity contribution < 1.29 is 0 Å². The third-order valence-corrected chi connectivity index (χ3v) is 3.96. The summed E-state index contributed by atoms with van der Waals surface area (Å²) in [7, 11) is 2.11. The van der Waals surface area contributed by atoms with E-state index in [1.807, 2.05) is 25.1 Å². The van der Waals surface area contributed by atoms with E-state index in [1.165, 1.54) is 11.3 Å². The molecule has 0 amide bonds. The van der Waals surface area contributed by atoms with Gasteiger partial charge in [-0.15, -0.1) is 0 Å². The summed E-state index contributed by atoms with van der Waals surface area (Å²) in [5.74, 6) is 0. The number of hydrogen-bond acceptors (Lipinski definition) is 2. The Bertz CT molecular complexity index is 567. The molecule has 0 heterocycles. The predicted octanol–water partition coefficient (Wildman–Crippen LogP) is 3.91. The van der Waals surface area contributed by atoms with Gasteiger partial charge >= 0.3 is 0 Å². The lowest BCUT2D eigenvalue weighted by Gasteiger charge is -2.24. The van der Waals surface area contributed by atoms with Crippen molar-refractivity contribution in [2.45, 2.75) is 25.8 Å². The first-order valence-electron chi connectivity index (χ1n) is 7.36. The summed E-state index contributed by atoms with van der Waals surface area (Å²) < 4.78 is 0. The molecule has 112 valence electrons. The van der Waals surface area contributed by atoms with Gasteiger partial charge < -0.3 is 10.6 Å². The molecule has 2 rings (SSSR count). The summed E-state index contributed by atoms with van der Waals surface area (Å²) in [4.78, 5) is 2.26. The standard InChI is InChI=1S/C18H23ClN2/c1-14(20)13-16-17(19)9-6-10-18(16)21(2)12-11-15-7-4-3-5-8-15/h3-10,14H,11-13,20H2,1-2H3. The van der Waals surface area contributed by atoms with E-state index in [0.29, 0.717) is 0 Å². The van der Waals surface area contributed by atoms with Gasteiger partial charge in [-0.1, -0.05) is 48.0 Å². The maximum absolute atomic E-state index is 6.35. The largest absolute Gasteiger partial charge is 0.374 e. The van der Waals surface area contributed by atoms with Gasteiger partial charge in [0.2, 0.25) is 0 Å². The van der Waals surface area contributed by atoms with Crippen molar-refractivity contribution in [3.63, 3.8) is 0 Å². The van der Waals surface area contributed by atoms with Crippen LogP contribution in [0.4, 0.5) is 5.69 Å². The van der Waals surface area contributed by atoms with Crippen LogP contribution in [0.3, 0.4) is 0 Å². The topological polar surface area (TPSA) is 29.3 Å². The van der Waals surface area contributed by atoms with Crippen molar-refractivity contribution in [2.24, 2.45) is 5.73 Å². The normalized spacial score (nSPS) is 12.2. The maximum atomic E-state index is 6.35. The molecule has 2 N–H and O–H groups in total. The Kier molecular flexibility index (Phi) is 5.66. The van der Waals surface area contributed by atoms with Crippen LogP contribution >= 0.6 is 11.6 Å². The van der Waals surface area contributed by atoms with Crippen molar-refractivity contribution in [1.29, 1.82) is 0 Å². The number of halogens is 1. The van der Waals surface area contributed by atoms with E-state index in [4.69, 9.17) is 17.3 Å². The van der Waals surface area contributed by atoms with E-state index in [-0.39, 0.29) is 6.04 Å². The molecule has 0 saturated heterocycles. The number of hydrogen-bond donors (Lipinski definition) is 1. The van der Waals surface area contributed by atoms with Crippen LogP contribution in [0.2, 0.25) is 5.02 Å². The molecule has 2 aromatic carbocycles. The Hall–Kier alpha value is -1.51. The Morgan fingerprint density at radius 1 is 1.10 bits per heavy atom. The Balaban J connectivity index is 2.11. The molecule has 21 heavy (non-hydrogen) atoms. The lowest BCUT2D eigenvalue weighted by Crippen LogP contribution is -2.24. The first kappa shape index (κ1) is 15.9. The Labute approximate surface area is 132 Å². The van der Waals surface area contributed by atoms with Crippen molar-refractivity contribution in [2.75, 3.05) is 18.5 Å². The fourth-order valence-electron chi connectivity index (χ4n) is 2.49. The molecule has 0 bridgehead atoms. The molecule has 0 aliphatic rings. The molecule has 0 saturated carbocycles. The van der Waals surface area contributed by atoms with Crippen LogP contribution in [0.5, 0.6) is 0 Å². The molecular formula is C18H23ClN2. The zero-order chi connectivity index (χ0) is 15.2. The molecule has 2 nitrogen and oxygen atoms in total. The minimum atomic E-state index is 0.103. The van der Waals surface area contributed by atoms with E-state index < -0.39 is 0 Å². The van der Waals surface area contributed by atoms with Crippen LogP contribution in [-0.2, 0) is 12.8 Å². The smallest absolute Gasteiger partial charge is 0.0459 e. The van der Waals surface area contributed by atoms with Gasteiger partial charge in [-0.05, 0) is 43.0 Å². The zero-order valence-electron chi connectivity index (χ0n) is 12.7. The second-order valence-corrected chi connectivity index (χ2v) is 5.98. The summed E-state index contributed by atoms with van der Waals surface area (Å²) >= 11 is 6.35. The maximum Gasteiger partial charge on any atom is 0.0459 e. The average Bonchev–Trinajstić information content (AvgIpc) is 2.47. The minimum absolute atomic E-state index is 0.103. The summed E-state index contributed by atoms with van der Waals surface area (Å²) in [5.41, 5.74) is 9.62. The number of nitrogens with zero attached hydrogens (tertiary/aromatic N) is 1. The van der Waals surface area contributed by atoms with Gasteiger partial charge in [0.15, 0.2) is 0 Å². The molecule has 1 unspecified atom stereocenters. The van der Waals surface area contributed by atoms with E-state index in [1.54, 1.807) is 0 Å². The molecule has 0 radical (unpaired) electrons. The van der Waals surface area contributed by atoms with E-state index >= 15 is 0 Å².